The van der Waals surface area contributed by atoms with Crippen LogP contribution in [0.3, 0.4) is 0 Å². The molecule has 0 aliphatic rings. The van der Waals surface area contributed by atoms with E-state index in [1.807, 2.05) is 4.83 Å². The smallest absolute Gasteiger partial charge is 0.337 e. The van der Waals surface area contributed by atoms with Crippen LogP contribution in [0, 0.1) is 24.4 Å². The third-order valence-electron chi connectivity index (χ3n) is 4.77. The van der Waals surface area contributed by atoms with E-state index in [-0.39, 0.29) is 16.3 Å². The summed E-state index contributed by atoms with van der Waals surface area (Å²) in [6, 6.07) is 10.2. The predicted octanol–water partition coefficient (Wildman–Crippen LogP) is 3.85. The lowest BCUT2D eigenvalue weighted by Gasteiger charge is -2.16. The van der Waals surface area contributed by atoms with Crippen molar-refractivity contribution < 1.29 is 36.2 Å². The average molecular weight is 495 g/mol. The van der Waals surface area contributed by atoms with Crippen molar-refractivity contribution in [3.05, 3.63) is 82.7 Å². The molecule has 3 aromatic rings. The van der Waals surface area contributed by atoms with Crippen LogP contribution < -0.4 is 20.3 Å². The van der Waals surface area contributed by atoms with Crippen molar-refractivity contribution in [2.75, 3.05) is 12.4 Å². The van der Waals surface area contributed by atoms with Gasteiger partial charge in [-0.1, -0.05) is 17.7 Å². The number of benzene rings is 3. The fraction of sp³-hybridized carbons (Fsp3) is 0.136. The predicted molar refractivity (Wildman–Crippen MR) is 118 cm³/mol. The minimum absolute atomic E-state index is 0.0652. The van der Waals surface area contributed by atoms with Crippen molar-refractivity contribution in [1.82, 2.24) is 10.3 Å². The monoisotopic (exact) mass is 495 g/mol. The number of halogens is 3. The Kier molecular flexibility index (Phi) is 7.44. The lowest BCUT2D eigenvalue weighted by Crippen LogP contribution is -2.37. The minimum atomic E-state index is -4.01. The van der Waals surface area contributed by atoms with Crippen LogP contribution in [-0.2, 0) is 16.6 Å². The molecule has 0 saturated heterocycles. The van der Waals surface area contributed by atoms with Crippen molar-refractivity contribution in [1.29, 1.82) is 0 Å². The molecule has 12 heteroatoms. The van der Waals surface area contributed by atoms with Gasteiger partial charge in [0.25, 0.3) is 10.0 Å². The number of carboxylic acids is 1. The summed E-state index contributed by atoms with van der Waals surface area (Å²) in [6.45, 7) is 1.20. The van der Waals surface area contributed by atoms with Crippen LogP contribution in [-0.4, -0.2) is 26.6 Å². The van der Waals surface area contributed by atoms with Crippen LogP contribution in [0.4, 0.5) is 24.5 Å². The lowest BCUT2D eigenvalue weighted by molar-refractivity contribution is 0.0697. The summed E-state index contributed by atoms with van der Waals surface area (Å²) in [5, 5.41) is 11.7. The summed E-state index contributed by atoms with van der Waals surface area (Å²) in [5.74, 6) is -5.34. The van der Waals surface area contributed by atoms with Crippen LogP contribution >= 0.6 is 0 Å². The van der Waals surface area contributed by atoms with Gasteiger partial charge in [0, 0.05) is 18.2 Å². The largest absolute Gasteiger partial charge is 0.497 e. The molecule has 0 amide bonds. The summed E-state index contributed by atoms with van der Waals surface area (Å²) >= 11 is 0. The first-order chi connectivity index (χ1) is 16.0. The van der Waals surface area contributed by atoms with Gasteiger partial charge in [0.15, 0.2) is 11.6 Å². The molecule has 0 aromatic heterocycles. The molecular formula is C22H20F3N3O5S. The van der Waals surface area contributed by atoms with Gasteiger partial charge in [-0.15, -0.1) is 4.83 Å². The second-order valence-corrected chi connectivity index (χ2v) is 8.82. The van der Waals surface area contributed by atoms with Crippen LogP contribution in [0.15, 0.2) is 53.4 Å². The normalized spacial score (nSPS) is 11.3. The first kappa shape index (κ1) is 25.0. The fourth-order valence-corrected chi connectivity index (χ4v) is 3.83. The SMILES string of the molecule is COc1ccc(Nc2c(C(=O)O)cc(CNNS(=O)(=O)c3ccc(C)cc3)c(F)c2F)c(F)c1. The Morgan fingerprint density at radius 2 is 1.71 bits per heavy atom. The molecule has 0 aliphatic carbocycles. The zero-order valence-corrected chi connectivity index (χ0v) is 18.8. The van der Waals surface area contributed by atoms with Gasteiger partial charge >= 0.3 is 5.97 Å². The summed E-state index contributed by atoms with van der Waals surface area (Å²) in [7, 11) is -2.70. The first-order valence-electron chi connectivity index (χ1n) is 9.69. The van der Waals surface area contributed by atoms with Crippen molar-refractivity contribution in [2.24, 2.45) is 0 Å². The van der Waals surface area contributed by atoms with Crippen molar-refractivity contribution in [3.8, 4) is 5.75 Å². The van der Waals surface area contributed by atoms with Crippen LogP contribution in [0.25, 0.3) is 0 Å². The number of carbonyl (C=O) groups is 1. The van der Waals surface area contributed by atoms with Gasteiger partial charge < -0.3 is 15.2 Å². The van der Waals surface area contributed by atoms with Gasteiger partial charge in [0.2, 0.25) is 0 Å². The van der Waals surface area contributed by atoms with E-state index in [0.717, 1.165) is 17.7 Å². The molecule has 0 radical (unpaired) electrons. The molecule has 0 spiro atoms. The molecule has 0 aliphatic heterocycles. The molecule has 3 aromatic carbocycles. The maximum Gasteiger partial charge on any atom is 0.337 e. The standard InChI is InChI=1S/C22H20F3N3O5S/c1-12-3-6-15(7-4-12)34(31,32)28-26-11-13-9-16(22(29)30)21(20(25)19(13)24)27-18-8-5-14(33-2)10-17(18)23/h3-10,26-28H,11H2,1-2H3,(H,29,30). The molecule has 0 saturated carbocycles. The molecule has 0 unspecified atom stereocenters. The quantitative estimate of drug-likeness (QED) is 0.333. The number of hydrazine groups is 1. The van der Waals surface area contributed by atoms with E-state index < -0.39 is 56.8 Å². The highest BCUT2D eigenvalue weighted by atomic mass is 32.2. The minimum Gasteiger partial charge on any atom is -0.497 e. The fourth-order valence-electron chi connectivity index (χ4n) is 2.96. The van der Waals surface area contributed by atoms with Gasteiger partial charge in [-0.3, -0.25) is 0 Å². The van der Waals surface area contributed by atoms with Crippen LogP contribution in [0.1, 0.15) is 21.5 Å². The van der Waals surface area contributed by atoms with Gasteiger partial charge in [0.1, 0.15) is 11.6 Å². The molecule has 0 bridgehead atoms. The Morgan fingerprint density at radius 3 is 2.29 bits per heavy atom. The Balaban J connectivity index is 1.84. The number of aryl methyl sites for hydroxylation is 1. The third kappa shape index (κ3) is 5.47. The first-order valence-corrected chi connectivity index (χ1v) is 11.2. The highest BCUT2D eigenvalue weighted by Gasteiger charge is 2.24. The maximum absolute atomic E-state index is 14.8. The average Bonchev–Trinajstić information content (AvgIpc) is 2.79. The van der Waals surface area contributed by atoms with Crippen molar-refractivity contribution >= 4 is 27.4 Å². The number of aromatic carboxylic acids is 1. The lowest BCUT2D eigenvalue weighted by atomic mass is 10.1. The number of nitrogens with one attached hydrogen (secondary N) is 3. The highest BCUT2D eigenvalue weighted by molar-refractivity contribution is 7.89. The van der Waals surface area contributed by atoms with Gasteiger partial charge in [-0.2, -0.15) is 0 Å². The molecule has 34 heavy (non-hydrogen) atoms. The van der Waals surface area contributed by atoms with E-state index in [1.54, 1.807) is 19.1 Å². The zero-order valence-electron chi connectivity index (χ0n) is 17.9. The topological polar surface area (TPSA) is 117 Å². The summed E-state index contributed by atoms with van der Waals surface area (Å²) in [4.78, 5) is 13.6. The summed E-state index contributed by atoms with van der Waals surface area (Å²) < 4.78 is 73.2. The van der Waals surface area contributed by atoms with Crippen molar-refractivity contribution in [3.63, 3.8) is 0 Å². The van der Waals surface area contributed by atoms with E-state index >= 15 is 0 Å². The van der Waals surface area contributed by atoms with Gasteiger partial charge in [0.05, 0.1) is 28.9 Å². The number of hydrogen-bond donors (Lipinski definition) is 4. The number of anilines is 2. The highest BCUT2D eigenvalue weighted by Crippen LogP contribution is 2.31. The second-order valence-electron chi connectivity index (χ2n) is 7.13. The number of hydrogen-bond acceptors (Lipinski definition) is 6. The molecule has 0 heterocycles. The van der Waals surface area contributed by atoms with E-state index in [0.29, 0.717) is 0 Å². The van der Waals surface area contributed by atoms with E-state index in [4.69, 9.17) is 4.74 Å². The molecule has 180 valence electrons. The summed E-state index contributed by atoms with van der Waals surface area (Å²) in [5.41, 5.74) is 0.832. The Morgan fingerprint density at radius 1 is 1.03 bits per heavy atom. The van der Waals surface area contributed by atoms with Crippen LogP contribution in [0.5, 0.6) is 5.75 Å². The van der Waals surface area contributed by atoms with E-state index in [1.165, 1.54) is 31.4 Å². The molecule has 0 fully saturated rings. The molecule has 3 rings (SSSR count). The summed E-state index contributed by atoms with van der Waals surface area (Å²) in [6.07, 6.45) is 0. The van der Waals surface area contributed by atoms with Crippen molar-refractivity contribution in [2.45, 2.75) is 18.4 Å². The number of carboxylic acid groups (broad SMARTS) is 1. The maximum atomic E-state index is 14.8. The number of methoxy groups -OCH3 is 1. The van der Waals surface area contributed by atoms with E-state index in [2.05, 4.69) is 10.7 Å². The number of rotatable bonds is 9. The Labute approximate surface area is 193 Å². The Hall–Kier alpha value is -3.61. The third-order valence-corrected chi connectivity index (χ3v) is 6.07. The molecule has 4 N–H and O–H groups in total. The molecular weight excluding hydrogens is 475 g/mol. The molecule has 8 nitrogen and oxygen atoms in total. The number of sulfonamides is 1. The van der Waals surface area contributed by atoms with Crippen LogP contribution in [0.2, 0.25) is 0 Å². The zero-order chi connectivity index (χ0) is 25.0. The Bertz CT molecular complexity index is 1330. The van der Waals surface area contributed by atoms with E-state index in [9.17, 15) is 31.5 Å². The van der Waals surface area contributed by atoms with Gasteiger partial charge in [-0.05, 0) is 37.3 Å². The molecule has 0 atom stereocenters. The van der Waals surface area contributed by atoms with Gasteiger partial charge in [-0.25, -0.2) is 31.8 Å². The second kappa shape index (κ2) is 10.1. The number of ether oxygens (including phenoxy) is 1.